The maximum atomic E-state index is 11.6. The average molecular weight is 243 g/mol. The summed E-state index contributed by atoms with van der Waals surface area (Å²) >= 11 is 0. The summed E-state index contributed by atoms with van der Waals surface area (Å²) in [5, 5.41) is 0. The molecule has 0 aliphatic heterocycles. The lowest BCUT2D eigenvalue weighted by Crippen LogP contribution is -2.29. The Morgan fingerprint density at radius 1 is 1.31 bits per heavy atom. The van der Waals surface area contributed by atoms with E-state index in [4.69, 9.17) is 5.73 Å². The highest BCUT2D eigenvalue weighted by Gasteiger charge is 2.15. The topological polar surface area (TPSA) is 75.4 Å². The lowest BCUT2D eigenvalue weighted by atomic mass is 10.1. The van der Waals surface area contributed by atoms with E-state index in [0.29, 0.717) is 5.69 Å². The van der Waals surface area contributed by atoms with Crippen molar-refractivity contribution in [2.45, 2.75) is 13.0 Å². The van der Waals surface area contributed by atoms with Crippen LogP contribution >= 0.6 is 0 Å². The second kappa shape index (κ2) is 4.82. The molecule has 0 fully saturated rings. The molecule has 0 aromatic heterocycles. The van der Waals surface area contributed by atoms with Gasteiger partial charge in [-0.3, -0.25) is 4.72 Å². The lowest BCUT2D eigenvalue weighted by Gasteiger charge is -2.17. The van der Waals surface area contributed by atoms with Crippen molar-refractivity contribution in [2.75, 3.05) is 18.8 Å². The summed E-state index contributed by atoms with van der Waals surface area (Å²) < 4.78 is 26.9. The molecular formula is C10H17N3O2S. The number of hydrogen-bond donors (Lipinski definition) is 2. The van der Waals surface area contributed by atoms with E-state index in [1.165, 1.54) is 14.1 Å². The largest absolute Gasteiger partial charge is 0.324 e. The Balaban J connectivity index is 3.07. The SMILES string of the molecule is CC(N)c1ccccc1NS(=O)(=O)N(C)C. The predicted molar refractivity (Wildman–Crippen MR) is 65.3 cm³/mol. The number of nitrogens with two attached hydrogens (primary N) is 1. The summed E-state index contributed by atoms with van der Waals surface area (Å²) in [6, 6.07) is 6.87. The minimum absolute atomic E-state index is 0.221. The number of nitrogens with zero attached hydrogens (tertiary/aromatic N) is 1. The first kappa shape index (κ1) is 13.0. The zero-order chi connectivity index (χ0) is 12.3. The molecule has 1 aromatic rings. The van der Waals surface area contributed by atoms with Crippen LogP contribution in [0.5, 0.6) is 0 Å². The van der Waals surface area contributed by atoms with Crippen LogP contribution in [0.3, 0.4) is 0 Å². The van der Waals surface area contributed by atoms with Crippen molar-refractivity contribution in [3.63, 3.8) is 0 Å². The highest BCUT2D eigenvalue weighted by atomic mass is 32.2. The Bertz CT molecular complexity index is 455. The van der Waals surface area contributed by atoms with E-state index in [0.717, 1.165) is 9.87 Å². The molecule has 90 valence electrons. The van der Waals surface area contributed by atoms with E-state index < -0.39 is 10.2 Å². The minimum Gasteiger partial charge on any atom is -0.324 e. The number of rotatable bonds is 4. The minimum atomic E-state index is -3.48. The molecule has 16 heavy (non-hydrogen) atoms. The molecule has 6 heteroatoms. The molecule has 1 unspecified atom stereocenters. The Labute approximate surface area is 96.4 Å². The summed E-state index contributed by atoms with van der Waals surface area (Å²) in [4.78, 5) is 0. The fourth-order valence-electron chi connectivity index (χ4n) is 1.22. The van der Waals surface area contributed by atoms with Gasteiger partial charge in [0.25, 0.3) is 0 Å². The van der Waals surface area contributed by atoms with E-state index in [9.17, 15) is 8.42 Å². The van der Waals surface area contributed by atoms with Gasteiger partial charge in [-0.05, 0) is 18.6 Å². The molecule has 0 saturated heterocycles. The molecule has 0 heterocycles. The van der Waals surface area contributed by atoms with E-state index >= 15 is 0 Å². The van der Waals surface area contributed by atoms with Gasteiger partial charge in [-0.2, -0.15) is 12.7 Å². The van der Waals surface area contributed by atoms with Crippen molar-refractivity contribution in [1.82, 2.24) is 4.31 Å². The van der Waals surface area contributed by atoms with Gasteiger partial charge < -0.3 is 5.73 Å². The average Bonchev–Trinajstić information content (AvgIpc) is 2.17. The van der Waals surface area contributed by atoms with Crippen molar-refractivity contribution >= 4 is 15.9 Å². The zero-order valence-corrected chi connectivity index (χ0v) is 10.5. The third-order valence-electron chi connectivity index (χ3n) is 2.17. The summed E-state index contributed by atoms with van der Waals surface area (Å²) in [7, 11) is -0.541. The molecule has 1 aromatic carbocycles. The number of anilines is 1. The van der Waals surface area contributed by atoms with E-state index in [2.05, 4.69) is 4.72 Å². The van der Waals surface area contributed by atoms with Gasteiger partial charge in [0.1, 0.15) is 0 Å². The van der Waals surface area contributed by atoms with Crippen LogP contribution in [0, 0.1) is 0 Å². The van der Waals surface area contributed by atoms with Crippen LogP contribution in [0.25, 0.3) is 0 Å². The maximum Gasteiger partial charge on any atom is 0.301 e. The third kappa shape index (κ3) is 2.94. The number of benzene rings is 1. The molecule has 0 spiro atoms. The molecule has 1 atom stereocenters. The maximum absolute atomic E-state index is 11.6. The summed E-state index contributed by atoms with van der Waals surface area (Å²) in [5.74, 6) is 0. The molecular weight excluding hydrogens is 226 g/mol. The van der Waals surface area contributed by atoms with Gasteiger partial charge in [0.15, 0.2) is 0 Å². The van der Waals surface area contributed by atoms with Crippen LogP contribution in [0.4, 0.5) is 5.69 Å². The number of para-hydroxylation sites is 1. The van der Waals surface area contributed by atoms with Gasteiger partial charge in [0, 0.05) is 20.1 Å². The van der Waals surface area contributed by atoms with Crippen LogP contribution in [0.2, 0.25) is 0 Å². The van der Waals surface area contributed by atoms with E-state index in [-0.39, 0.29) is 6.04 Å². The van der Waals surface area contributed by atoms with Crippen LogP contribution in [0.15, 0.2) is 24.3 Å². The van der Waals surface area contributed by atoms with Crippen molar-refractivity contribution in [1.29, 1.82) is 0 Å². The second-order valence-electron chi connectivity index (χ2n) is 3.77. The highest BCUT2D eigenvalue weighted by Crippen LogP contribution is 2.21. The Hall–Kier alpha value is -1.11. The van der Waals surface area contributed by atoms with Crippen molar-refractivity contribution < 1.29 is 8.42 Å². The monoisotopic (exact) mass is 243 g/mol. The second-order valence-corrected chi connectivity index (χ2v) is 5.65. The summed E-state index contributed by atoms with van der Waals surface area (Å²) in [6.07, 6.45) is 0. The Kier molecular flexibility index (Phi) is 3.90. The van der Waals surface area contributed by atoms with Crippen molar-refractivity contribution in [3.05, 3.63) is 29.8 Å². The standard InChI is InChI=1S/C10H17N3O2S/c1-8(11)9-6-4-5-7-10(9)12-16(14,15)13(2)3/h4-8,12H,11H2,1-3H3. The van der Waals surface area contributed by atoms with Gasteiger partial charge in [-0.15, -0.1) is 0 Å². The fourth-order valence-corrected chi connectivity index (χ4v) is 1.86. The molecule has 1 rings (SSSR count). The molecule has 3 N–H and O–H groups in total. The molecule has 0 amide bonds. The smallest absolute Gasteiger partial charge is 0.301 e. The normalized spacial score (nSPS) is 13.8. The number of hydrogen-bond acceptors (Lipinski definition) is 3. The van der Waals surface area contributed by atoms with Gasteiger partial charge in [0.05, 0.1) is 5.69 Å². The van der Waals surface area contributed by atoms with Gasteiger partial charge >= 0.3 is 10.2 Å². The molecule has 0 saturated carbocycles. The van der Waals surface area contributed by atoms with Crippen LogP contribution in [-0.2, 0) is 10.2 Å². The molecule has 0 aliphatic rings. The zero-order valence-electron chi connectivity index (χ0n) is 9.64. The quantitative estimate of drug-likeness (QED) is 0.826. The Morgan fingerprint density at radius 3 is 2.38 bits per heavy atom. The van der Waals surface area contributed by atoms with Crippen LogP contribution in [0.1, 0.15) is 18.5 Å². The number of nitrogens with one attached hydrogen (secondary N) is 1. The van der Waals surface area contributed by atoms with Gasteiger partial charge in [0.2, 0.25) is 0 Å². The van der Waals surface area contributed by atoms with Crippen LogP contribution < -0.4 is 10.5 Å². The summed E-state index contributed by atoms with van der Waals surface area (Å²) in [6.45, 7) is 1.81. The molecule has 0 radical (unpaired) electrons. The first-order valence-electron chi connectivity index (χ1n) is 4.89. The van der Waals surface area contributed by atoms with E-state index in [1.54, 1.807) is 18.2 Å². The fraction of sp³-hybridized carbons (Fsp3) is 0.400. The highest BCUT2D eigenvalue weighted by molar-refractivity contribution is 7.90. The van der Waals surface area contributed by atoms with Gasteiger partial charge in [-0.1, -0.05) is 18.2 Å². The van der Waals surface area contributed by atoms with Crippen molar-refractivity contribution in [2.24, 2.45) is 5.73 Å². The third-order valence-corrected chi connectivity index (χ3v) is 3.61. The molecule has 5 nitrogen and oxygen atoms in total. The van der Waals surface area contributed by atoms with Crippen molar-refractivity contribution in [3.8, 4) is 0 Å². The van der Waals surface area contributed by atoms with Crippen LogP contribution in [-0.4, -0.2) is 26.8 Å². The molecule has 0 bridgehead atoms. The first-order valence-corrected chi connectivity index (χ1v) is 6.33. The van der Waals surface area contributed by atoms with E-state index in [1.807, 2.05) is 13.0 Å². The van der Waals surface area contributed by atoms with Gasteiger partial charge in [-0.25, -0.2) is 0 Å². The summed E-state index contributed by atoms with van der Waals surface area (Å²) in [5.41, 5.74) is 7.05. The first-order chi connectivity index (χ1) is 7.34. The Morgan fingerprint density at radius 2 is 1.88 bits per heavy atom. The molecule has 0 aliphatic carbocycles. The lowest BCUT2D eigenvalue weighted by molar-refractivity contribution is 0.526. The predicted octanol–water partition coefficient (Wildman–Crippen LogP) is 0.925.